The summed E-state index contributed by atoms with van der Waals surface area (Å²) in [5.74, 6) is 0.716. The minimum Gasteiger partial charge on any atom is -0.297 e. The van der Waals surface area contributed by atoms with Gasteiger partial charge in [-0.1, -0.05) is 18.5 Å². The highest BCUT2D eigenvalue weighted by molar-refractivity contribution is 7.98. The Labute approximate surface area is 103 Å². The lowest BCUT2D eigenvalue weighted by atomic mass is 10.2. The molecule has 0 fully saturated rings. The minimum atomic E-state index is -0.436. The highest BCUT2D eigenvalue weighted by Crippen LogP contribution is 2.10. The number of aromatic nitrogens is 2. The fourth-order valence-electron chi connectivity index (χ4n) is 1.58. The molecule has 1 aromatic rings. The van der Waals surface area contributed by atoms with Gasteiger partial charge < -0.3 is 0 Å². The van der Waals surface area contributed by atoms with Gasteiger partial charge in [-0.05, 0) is 19.6 Å². The Balaban J connectivity index is 3.40. The summed E-state index contributed by atoms with van der Waals surface area (Å²) in [6.07, 6.45) is 2.45. The van der Waals surface area contributed by atoms with E-state index in [2.05, 4.69) is 4.98 Å². The van der Waals surface area contributed by atoms with Crippen LogP contribution in [0.5, 0.6) is 0 Å². The molecule has 0 radical (unpaired) electrons. The van der Waals surface area contributed by atoms with E-state index < -0.39 is 5.69 Å². The Bertz CT molecular complexity index is 481. The molecule has 1 aromatic heterocycles. The van der Waals surface area contributed by atoms with Crippen LogP contribution in [0.3, 0.4) is 0 Å². The second kappa shape index (κ2) is 5.59. The van der Waals surface area contributed by atoms with Crippen LogP contribution in [0.2, 0.25) is 5.15 Å². The third kappa shape index (κ3) is 2.52. The summed E-state index contributed by atoms with van der Waals surface area (Å²) in [4.78, 5) is 26.2. The van der Waals surface area contributed by atoms with Gasteiger partial charge in [0, 0.05) is 11.8 Å². The molecule has 1 unspecified atom stereocenters. The van der Waals surface area contributed by atoms with Crippen LogP contribution in [0.4, 0.5) is 0 Å². The van der Waals surface area contributed by atoms with Crippen LogP contribution in [0, 0.1) is 0 Å². The van der Waals surface area contributed by atoms with Gasteiger partial charge in [0.15, 0.2) is 0 Å². The Morgan fingerprint density at radius 2 is 2.12 bits per heavy atom. The van der Waals surface area contributed by atoms with Crippen molar-refractivity contribution in [2.45, 2.75) is 26.3 Å². The number of rotatable bonds is 4. The van der Waals surface area contributed by atoms with Gasteiger partial charge in [0.25, 0.3) is 5.56 Å². The van der Waals surface area contributed by atoms with Gasteiger partial charge in [0.1, 0.15) is 5.15 Å². The predicted octanol–water partition coefficient (Wildman–Crippen LogP) is 1.68. The molecule has 1 atom stereocenters. The third-order valence-corrected chi connectivity index (χ3v) is 3.52. The maximum absolute atomic E-state index is 12.0. The standard InChI is InChI=1S/C10H15ClN2O2S/c1-4-7-8(11)12-10(15)13(9(7)14)6(2)5-16-3/h6H,4-5H2,1-3H3,(H,12,15). The summed E-state index contributed by atoms with van der Waals surface area (Å²) >= 11 is 7.41. The summed E-state index contributed by atoms with van der Waals surface area (Å²) in [5, 5.41) is 0.158. The molecule has 0 spiro atoms. The lowest BCUT2D eigenvalue weighted by Crippen LogP contribution is -2.39. The van der Waals surface area contributed by atoms with Crippen LogP contribution in [0.1, 0.15) is 25.5 Å². The maximum atomic E-state index is 12.0. The second-order valence-electron chi connectivity index (χ2n) is 3.56. The summed E-state index contributed by atoms with van der Waals surface area (Å²) in [6, 6.07) is -0.131. The van der Waals surface area contributed by atoms with Gasteiger partial charge in [-0.2, -0.15) is 11.8 Å². The zero-order valence-corrected chi connectivity index (χ0v) is 11.1. The molecule has 90 valence electrons. The van der Waals surface area contributed by atoms with Crippen molar-refractivity contribution in [3.63, 3.8) is 0 Å². The number of nitrogens with one attached hydrogen (secondary N) is 1. The molecule has 0 aliphatic heterocycles. The molecule has 0 bridgehead atoms. The number of halogens is 1. The third-order valence-electron chi connectivity index (χ3n) is 2.38. The second-order valence-corrected chi connectivity index (χ2v) is 4.84. The summed E-state index contributed by atoms with van der Waals surface area (Å²) < 4.78 is 1.24. The number of hydrogen-bond acceptors (Lipinski definition) is 3. The molecule has 0 saturated heterocycles. The van der Waals surface area contributed by atoms with Gasteiger partial charge >= 0.3 is 5.69 Å². The average Bonchev–Trinajstić information content (AvgIpc) is 2.17. The Hall–Kier alpha value is -0.680. The van der Waals surface area contributed by atoms with E-state index in [1.165, 1.54) is 4.57 Å². The lowest BCUT2D eigenvalue weighted by molar-refractivity contribution is 0.548. The van der Waals surface area contributed by atoms with Gasteiger partial charge in [-0.25, -0.2) is 4.79 Å². The fraction of sp³-hybridized carbons (Fsp3) is 0.600. The minimum absolute atomic E-state index is 0.131. The van der Waals surface area contributed by atoms with Crippen molar-refractivity contribution in [2.75, 3.05) is 12.0 Å². The van der Waals surface area contributed by atoms with E-state index in [0.717, 1.165) is 0 Å². The molecule has 1 rings (SSSR count). The predicted molar refractivity (Wildman–Crippen MR) is 68.8 cm³/mol. The molecule has 1 heterocycles. The Morgan fingerprint density at radius 1 is 1.50 bits per heavy atom. The molecule has 4 nitrogen and oxygen atoms in total. The fourth-order valence-corrected chi connectivity index (χ4v) is 2.51. The molecule has 0 saturated carbocycles. The van der Waals surface area contributed by atoms with E-state index >= 15 is 0 Å². The SMILES string of the molecule is CCc1c(Cl)[nH]c(=O)n(C(C)CSC)c1=O. The molecule has 1 N–H and O–H groups in total. The summed E-state index contributed by atoms with van der Waals surface area (Å²) in [5.41, 5.74) is -0.249. The van der Waals surface area contributed by atoms with Crippen LogP contribution in [-0.4, -0.2) is 21.6 Å². The van der Waals surface area contributed by atoms with Crippen molar-refractivity contribution < 1.29 is 0 Å². The molecule has 0 amide bonds. The quantitative estimate of drug-likeness (QED) is 0.840. The number of aromatic amines is 1. The number of hydrogen-bond donors (Lipinski definition) is 1. The van der Waals surface area contributed by atoms with Crippen molar-refractivity contribution in [2.24, 2.45) is 0 Å². The van der Waals surface area contributed by atoms with Crippen LogP contribution in [0.15, 0.2) is 9.59 Å². The molecule has 0 aromatic carbocycles. The highest BCUT2D eigenvalue weighted by atomic mass is 35.5. The number of H-pyrrole nitrogens is 1. The van der Waals surface area contributed by atoms with E-state index in [9.17, 15) is 9.59 Å². The summed E-state index contributed by atoms with van der Waals surface area (Å²) in [6.45, 7) is 3.69. The Morgan fingerprint density at radius 3 is 2.62 bits per heavy atom. The molecule has 6 heteroatoms. The Kier molecular flexibility index (Phi) is 4.68. The van der Waals surface area contributed by atoms with Crippen LogP contribution in [0.25, 0.3) is 0 Å². The zero-order chi connectivity index (χ0) is 12.3. The van der Waals surface area contributed by atoms with Crippen LogP contribution in [-0.2, 0) is 6.42 Å². The van der Waals surface area contributed by atoms with E-state index in [0.29, 0.717) is 17.7 Å². The van der Waals surface area contributed by atoms with E-state index in [4.69, 9.17) is 11.6 Å². The van der Waals surface area contributed by atoms with Crippen molar-refractivity contribution in [1.82, 2.24) is 9.55 Å². The van der Waals surface area contributed by atoms with Crippen LogP contribution < -0.4 is 11.2 Å². The average molecular weight is 263 g/mol. The lowest BCUT2D eigenvalue weighted by Gasteiger charge is -2.14. The smallest absolute Gasteiger partial charge is 0.297 e. The molecular formula is C10H15ClN2O2S. The molecule has 0 aliphatic carbocycles. The molecule has 0 aliphatic rings. The first-order valence-corrected chi connectivity index (χ1v) is 6.82. The maximum Gasteiger partial charge on any atom is 0.329 e. The first kappa shape index (κ1) is 13.4. The van der Waals surface area contributed by atoms with E-state index in [1.807, 2.05) is 20.1 Å². The topological polar surface area (TPSA) is 54.9 Å². The van der Waals surface area contributed by atoms with Gasteiger partial charge in [-0.15, -0.1) is 0 Å². The van der Waals surface area contributed by atoms with E-state index in [-0.39, 0.29) is 16.8 Å². The number of thioether (sulfide) groups is 1. The summed E-state index contributed by atoms with van der Waals surface area (Å²) in [7, 11) is 0. The van der Waals surface area contributed by atoms with Crippen molar-refractivity contribution in [3.05, 3.63) is 31.6 Å². The monoisotopic (exact) mass is 262 g/mol. The zero-order valence-electron chi connectivity index (χ0n) is 9.54. The van der Waals surface area contributed by atoms with Gasteiger partial charge in [0.2, 0.25) is 0 Å². The first-order chi connectivity index (χ1) is 7.52. The largest absolute Gasteiger partial charge is 0.329 e. The van der Waals surface area contributed by atoms with E-state index in [1.54, 1.807) is 11.8 Å². The van der Waals surface area contributed by atoms with Crippen molar-refractivity contribution in [1.29, 1.82) is 0 Å². The van der Waals surface area contributed by atoms with Gasteiger partial charge in [0.05, 0.1) is 5.56 Å². The molecule has 16 heavy (non-hydrogen) atoms. The first-order valence-electron chi connectivity index (χ1n) is 5.05. The molecular weight excluding hydrogens is 248 g/mol. The van der Waals surface area contributed by atoms with Crippen molar-refractivity contribution >= 4 is 23.4 Å². The highest BCUT2D eigenvalue weighted by Gasteiger charge is 2.15. The van der Waals surface area contributed by atoms with Crippen LogP contribution >= 0.6 is 23.4 Å². The number of nitrogens with zero attached hydrogens (tertiary/aromatic N) is 1. The van der Waals surface area contributed by atoms with Crippen molar-refractivity contribution in [3.8, 4) is 0 Å². The van der Waals surface area contributed by atoms with Gasteiger partial charge in [-0.3, -0.25) is 14.3 Å². The normalized spacial score (nSPS) is 12.8.